The number of aryl methyl sites for hydroxylation is 2. The molecular weight excluding hydrogens is 558 g/mol. The first-order valence-corrected chi connectivity index (χ1v) is 15.0. The van der Waals surface area contributed by atoms with Crippen LogP contribution in [-0.2, 0) is 4.79 Å². The first-order chi connectivity index (χ1) is 21.9. The Kier molecular flexibility index (Phi) is 8.42. The van der Waals surface area contributed by atoms with Crippen LogP contribution in [0.1, 0.15) is 21.7 Å². The molecular formula is C38H35N5O2. The van der Waals surface area contributed by atoms with Gasteiger partial charge in [0.15, 0.2) is 0 Å². The van der Waals surface area contributed by atoms with E-state index >= 15 is 0 Å². The number of para-hydroxylation sites is 1. The first kappa shape index (κ1) is 29.4. The molecule has 0 spiro atoms. The molecule has 0 unspecified atom stereocenters. The molecule has 0 saturated heterocycles. The van der Waals surface area contributed by atoms with Gasteiger partial charge in [-0.25, -0.2) is 4.98 Å². The number of hydrogen-bond donors (Lipinski definition) is 1. The van der Waals surface area contributed by atoms with Crippen molar-refractivity contribution >= 4 is 40.1 Å². The average Bonchev–Trinajstić information content (AvgIpc) is 3.45. The zero-order chi connectivity index (χ0) is 31.3. The molecule has 1 amide bonds. The number of aromatic nitrogens is 2. The van der Waals surface area contributed by atoms with Crippen molar-refractivity contribution in [2.45, 2.75) is 13.8 Å². The van der Waals surface area contributed by atoms with Crippen molar-refractivity contribution in [1.29, 1.82) is 0 Å². The number of carbonyl (C=O) groups is 2. The number of amides is 1. The largest absolute Gasteiger partial charge is 0.358 e. The van der Waals surface area contributed by atoms with Crippen LogP contribution in [0.4, 0.5) is 22.9 Å². The van der Waals surface area contributed by atoms with E-state index in [1.165, 1.54) is 5.56 Å². The van der Waals surface area contributed by atoms with Crippen LogP contribution >= 0.6 is 0 Å². The maximum Gasteiger partial charge on any atom is 0.298 e. The van der Waals surface area contributed by atoms with Gasteiger partial charge in [-0.1, -0.05) is 54.6 Å². The smallest absolute Gasteiger partial charge is 0.298 e. The quantitative estimate of drug-likeness (QED) is 0.130. The molecule has 7 nitrogen and oxygen atoms in total. The number of carbonyl (C=O) groups excluding carboxylic acids is 2. The predicted octanol–water partition coefficient (Wildman–Crippen LogP) is 7.71. The second-order valence-corrected chi connectivity index (χ2v) is 11.2. The summed E-state index contributed by atoms with van der Waals surface area (Å²) in [6, 6.07) is 39.2. The van der Waals surface area contributed by atoms with E-state index in [2.05, 4.69) is 53.4 Å². The molecule has 0 atom stereocenters. The lowest BCUT2D eigenvalue weighted by Gasteiger charge is -2.28. The first-order valence-electron chi connectivity index (χ1n) is 15.0. The molecule has 0 saturated carbocycles. The van der Waals surface area contributed by atoms with Gasteiger partial charge in [0.1, 0.15) is 11.5 Å². The number of benzene rings is 3. The Balaban J connectivity index is 1.21. The van der Waals surface area contributed by atoms with E-state index in [0.29, 0.717) is 17.9 Å². The molecule has 0 radical (unpaired) electrons. The predicted molar refractivity (Wildman–Crippen MR) is 183 cm³/mol. The van der Waals surface area contributed by atoms with Gasteiger partial charge in [-0.2, -0.15) is 0 Å². The van der Waals surface area contributed by atoms with Gasteiger partial charge in [0.2, 0.25) is 0 Å². The van der Waals surface area contributed by atoms with Crippen molar-refractivity contribution in [3.05, 3.63) is 144 Å². The van der Waals surface area contributed by atoms with Crippen LogP contribution in [0.5, 0.6) is 0 Å². The molecule has 1 N–H and O–H groups in total. The number of rotatable bonds is 10. The SMILES string of the molecule is Cc1cc(C)nc(N(C)CCN(c2ccccc2)c2ccc(NC(=O)C(=O)c3c(-c4ccccc4)cc4ccccn34)cc2)c1. The highest BCUT2D eigenvalue weighted by Gasteiger charge is 2.25. The normalized spacial score (nSPS) is 10.9. The summed E-state index contributed by atoms with van der Waals surface area (Å²) in [6.45, 7) is 5.55. The highest BCUT2D eigenvalue weighted by Crippen LogP contribution is 2.30. The van der Waals surface area contributed by atoms with Crippen LogP contribution in [0, 0.1) is 13.8 Å². The fourth-order valence-electron chi connectivity index (χ4n) is 5.61. The summed E-state index contributed by atoms with van der Waals surface area (Å²) in [7, 11) is 2.05. The van der Waals surface area contributed by atoms with E-state index in [1.54, 1.807) is 4.40 Å². The fraction of sp³-hybridized carbons (Fsp3) is 0.132. The minimum Gasteiger partial charge on any atom is -0.358 e. The summed E-state index contributed by atoms with van der Waals surface area (Å²) in [5.74, 6) is -0.348. The Morgan fingerprint density at radius 2 is 1.42 bits per heavy atom. The Hall–Kier alpha value is -5.69. The Bertz CT molecular complexity index is 1930. The third kappa shape index (κ3) is 6.48. The minimum absolute atomic E-state index is 0.337. The van der Waals surface area contributed by atoms with Gasteiger partial charge in [0.25, 0.3) is 11.7 Å². The molecule has 0 aliphatic heterocycles. The molecule has 6 aromatic rings. The van der Waals surface area contributed by atoms with Crippen LogP contribution in [0.15, 0.2) is 128 Å². The average molecular weight is 594 g/mol. The maximum absolute atomic E-state index is 13.6. The summed E-state index contributed by atoms with van der Waals surface area (Å²) < 4.78 is 1.77. The van der Waals surface area contributed by atoms with Gasteiger partial charge in [-0.05, 0) is 91.7 Å². The molecule has 224 valence electrons. The second kappa shape index (κ2) is 12.9. The highest BCUT2D eigenvalue weighted by atomic mass is 16.2. The lowest BCUT2D eigenvalue weighted by molar-refractivity contribution is -0.112. The van der Waals surface area contributed by atoms with E-state index in [0.717, 1.165) is 46.1 Å². The van der Waals surface area contributed by atoms with E-state index in [4.69, 9.17) is 4.98 Å². The van der Waals surface area contributed by atoms with Crippen LogP contribution in [0.25, 0.3) is 16.6 Å². The molecule has 45 heavy (non-hydrogen) atoms. The minimum atomic E-state index is -0.689. The molecule has 0 aliphatic rings. The van der Waals surface area contributed by atoms with Crippen molar-refractivity contribution < 1.29 is 9.59 Å². The maximum atomic E-state index is 13.6. The van der Waals surface area contributed by atoms with Crippen LogP contribution in [0.3, 0.4) is 0 Å². The van der Waals surface area contributed by atoms with Crippen LogP contribution < -0.4 is 15.1 Å². The van der Waals surface area contributed by atoms with E-state index in [1.807, 2.05) is 110 Å². The lowest BCUT2D eigenvalue weighted by Crippen LogP contribution is -2.31. The van der Waals surface area contributed by atoms with Crippen molar-refractivity contribution in [1.82, 2.24) is 9.38 Å². The van der Waals surface area contributed by atoms with Crippen molar-refractivity contribution in [3.8, 4) is 11.1 Å². The van der Waals surface area contributed by atoms with E-state index in [-0.39, 0.29) is 0 Å². The number of likely N-dealkylation sites (N-methyl/N-ethyl adjacent to an activating group) is 1. The summed E-state index contributed by atoms with van der Waals surface area (Å²) in [5.41, 5.74) is 7.52. The standard InChI is InChI=1S/C38H35N5O2/c1-27-24-28(2)39-35(25-27)41(3)22-23-42(31-14-8-5-9-15-31)32-19-17-30(18-20-32)40-38(45)37(44)36-34(29-12-6-4-7-13-29)26-33-16-10-11-21-43(33)36/h4-21,24-26H,22-23H2,1-3H3,(H,40,45). The van der Waals surface area contributed by atoms with Crippen molar-refractivity contribution in [3.63, 3.8) is 0 Å². The van der Waals surface area contributed by atoms with Crippen LogP contribution in [0.2, 0.25) is 0 Å². The molecule has 0 bridgehead atoms. The Labute approximate surface area is 263 Å². The zero-order valence-corrected chi connectivity index (χ0v) is 25.6. The number of anilines is 4. The molecule has 3 aromatic carbocycles. The number of nitrogens with zero attached hydrogens (tertiary/aromatic N) is 4. The molecule has 3 heterocycles. The molecule has 6 rings (SSSR count). The number of hydrogen-bond acceptors (Lipinski definition) is 5. The topological polar surface area (TPSA) is 70.0 Å². The monoisotopic (exact) mass is 593 g/mol. The highest BCUT2D eigenvalue weighted by molar-refractivity contribution is 6.47. The van der Waals surface area contributed by atoms with Crippen LogP contribution in [-0.4, -0.2) is 41.2 Å². The van der Waals surface area contributed by atoms with Gasteiger partial charge < -0.3 is 19.5 Å². The Morgan fingerprint density at radius 3 is 2.13 bits per heavy atom. The van der Waals surface area contributed by atoms with Crippen molar-refractivity contribution in [2.75, 3.05) is 35.3 Å². The summed E-state index contributed by atoms with van der Waals surface area (Å²) in [5, 5.41) is 2.82. The third-order valence-electron chi connectivity index (χ3n) is 7.82. The van der Waals surface area contributed by atoms with Gasteiger partial charge in [-0.3, -0.25) is 9.59 Å². The van der Waals surface area contributed by atoms with Gasteiger partial charge >= 0.3 is 0 Å². The number of Topliss-reactive ketones (excluding diaryl/α,β-unsaturated/α-hetero) is 1. The lowest BCUT2D eigenvalue weighted by atomic mass is 10.0. The van der Waals surface area contributed by atoms with Gasteiger partial charge in [0.05, 0.1) is 0 Å². The molecule has 7 heteroatoms. The Morgan fingerprint density at radius 1 is 0.756 bits per heavy atom. The van der Waals surface area contributed by atoms with Gasteiger partial charge in [-0.15, -0.1) is 0 Å². The summed E-state index contributed by atoms with van der Waals surface area (Å²) in [6.07, 6.45) is 1.81. The number of pyridine rings is 2. The van der Waals surface area contributed by atoms with Gasteiger partial charge in [0, 0.05) is 60.2 Å². The number of ketones is 1. The summed E-state index contributed by atoms with van der Waals surface area (Å²) in [4.78, 5) is 36.1. The molecule has 3 aromatic heterocycles. The van der Waals surface area contributed by atoms with E-state index in [9.17, 15) is 9.59 Å². The van der Waals surface area contributed by atoms with E-state index < -0.39 is 11.7 Å². The summed E-state index contributed by atoms with van der Waals surface area (Å²) >= 11 is 0. The number of nitrogens with one attached hydrogen (secondary N) is 1. The molecule has 0 fully saturated rings. The molecule has 0 aliphatic carbocycles. The third-order valence-corrected chi connectivity index (χ3v) is 7.82. The fourth-order valence-corrected chi connectivity index (χ4v) is 5.61. The number of fused-ring (bicyclic) bond motifs is 1. The second-order valence-electron chi connectivity index (χ2n) is 11.2. The van der Waals surface area contributed by atoms with Crippen molar-refractivity contribution in [2.24, 2.45) is 0 Å². The zero-order valence-electron chi connectivity index (χ0n) is 25.6.